The molecule has 0 bridgehead atoms. The maximum absolute atomic E-state index is 12.6. The van der Waals surface area contributed by atoms with Crippen LogP contribution in [0.25, 0.3) is 0 Å². The van der Waals surface area contributed by atoms with Crippen molar-refractivity contribution in [3.8, 4) is 0 Å². The molecule has 0 unspecified atom stereocenters. The molecule has 4 saturated carbocycles. The van der Waals surface area contributed by atoms with Gasteiger partial charge in [-0.25, -0.2) is 0 Å². The van der Waals surface area contributed by atoms with Crippen LogP contribution < -0.4 is 0 Å². The summed E-state index contributed by atoms with van der Waals surface area (Å²) in [5.74, 6) is 0.931. The second-order valence-electron chi connectivity index (χ2n) is 13.0. The van der Waals surface area contributed by atoms with E-state index >= 15 is 0 Å². The first-order chi connectivity index (χ1) is 18.0. The molecule has 212 valence electrons. The van der Waals surface area contributed by atoms with E-state index in [4.69, 9.17) is 4.74 Å². The zero-order valence-corrected chi connectivity index (χ0v) is 24.0. The van der Waals surface area contributed by atoms with Crippen molar-refractivity contribution in [3.05, 3.63) is 47.6 Å². The van der Waals surface area contributed by atoms with Gasteiger partial charge < -0.3 is 20.1 Å². The largest absolute Gasteiger partial charge is 0.465 e. The first-order valence-electron chi connectivity index (χ1n) is 15.0. The summed E-state index contributed by atoms with van der Waals surface area (Å²) in [4.78, 5) is 12.6. The highest BCUT2D eigenvalue weighted by Gasteiger charge is 2.56. The summed E-state index contributed by atoms with van der Waals surface area (Å²) >= 11 is 0. The van der Waals surface area contributed by atoms with Gasteiger partial charge in [0.25, 0.3) is 0 Å². The third kappa shape index (κ3) is 5.62. The molecular weight excluding hydrogens is 476 g/mol. The number of carbonyl (C=O) groups is 1. The number of esters is 1. The highest BCUT2D eigenvalue weighted by atomic mass is 16.5. The van der Waals surface area contributed by atoms with Crippen molar-refractivity contribution >= 4 is 5.97 Å². The summed E-state index contributed by atoms with van der Waals surface area (Å²) in [7, 11) is 0. The molecule has 5 nitrogen and oxygen atoms in total. The van der Waals surface area contributed by atoms with Crippen molar-refractivity contribution in [2.24, 2.45) is 34.5 Å². The van der Waals surface area contributed by atoms with E-state index in [0.29, 0.717) is 43.6 Å². The predicted octanol–water partition coefficient (Wildman–Crippen LogP) is 6.05. The van der Waals surface area contributed by atoms with Crippen molar-refractivity contribution in [3.63, 3.8) is 0 Å². The monoisotopic (exact) mass is 526 g/mol. The van der Waals surface area contributed by atoms with Gasteiger partial charge in [-0.3, -0.25) is 4.79 Å². The van der Waals surface area contributed by atoms with E-state index in [9.17, 15) is 20.1 Å². The van der Waals surface area contributed by atoms with Gasteiger partial charge in [0.15, 0.2) is 0 Å². The SMILES string of the molecule is C=C1C(=CC=C2CCC[C@]3(C)[C@@H]([C@H](C)C=C[C@H](O)C4(C(=O)OCCCC)CC4)CC[C@@H]23)C[C@H](O)[C@H](C)[C@@H]1O. The van der Waals surface area contributed by atoms with Crippen LogP contribution in [0.15, 0.2) is 47.6 Å². The van der Waals surface area contributed by atoms with Crippen LogP contribution in [0.2, 0.25) is 0 Å². The average molecular weight is 527 g/mol. The zero-order chi connectivity index (χ0) is 27.7. The molecular formula is C33H50O5. The van der Waals surface area contributed by atoms with Crippen LogP contribution in [-0.4, -0.2) is 46.2 Å². The Morgan fingerprint density at radius 2 is 1.92 bits per heavy atom. The van der Waals surface area contributed by atoms with E-state index in [1.54, 1.807) is 0 Å². The number of rotatable bonds is 9. The molecule has 0 aromatic carbocycles. The molecule has 5 heteroatoms. The minimum absolute atomic E-state index is 0.185. The van der Waals surface area contributed by atoms with E-state index < -0.39 is 23.7 Å². The number of ether oxygens (including phenoxy) is 1. The molecule has 0 heterocycles. The number of allylic oxidation sites excluding steroid dienone is 4. The van der Waals surface area contributed by atoms with Gasteiger partial charge in [0.1, 0.15) is 0 Å². The molecule has 38 heavy (non-hydrogen) atoms. The summed E-state index contributed by atoms with van der Waals surface area (Å²) < 4.78 is 5.45. The van der Waals surface area contributed by atoms with Crippen LogP contribution in [-0.2, 0) is 9.53 Å². The lowest BCUT2D eigenvalue weighted by atomic mass is 9.61. The van der Waals surface area contributed by atoms with Crippen LogP contribution in [0.4, 0.5) is 0 Å². The van der Waals surface area contributed by atoms with Gasteiger partial charge >= 0.3 is 5.97 Å². The Hall–Kier alpha value is -1.69. The fourth-order valence-electron chi connectivity index (χ4n) is 7.59. The Morgan fingerprint density at radius 1 is 1.18 bits per heavy atom. The fraction of sp³-hybridized carbons (Fsp3) is 0.727. The number of unbranched alkanes of at least 4 members (excludes halogenated alkanes) is 1. The number of aliphatic hydroxyl groups is 3. The first-order valence-corrected chi connectivity index (χ1v) is 15.0. The molecule has 0 amide bonds. The van der Waals surface area contributed by atoms with Crippen LogP contribution in [0, 0.1) is 34.5 Å². The Balaban J connectivity index is 1.42. The summed E-state index contributed by atoms with van der Waals surface area (Å²) in [5.41, 5.74) is 2.65. The minimum atomic E-state index is -0.783. The summed E-state index contributed by atoms with van der Waals surface area (Å²) in [6, 6.07) is 0. The minimum Gasteiger partial charge on any atom is -0.465 e. The van der Waals surface area contributed by atoms with Gasteiger partial charge in [-0.1, -0.05) is 70.6 Å². The van der Waals surface area contributed by atoms with Crippen molar-refractivity contribution in [1.29, 1.82) is 0 Å². The van der Waals surface area contributed by atoms with Gasteiger partial charge in [-0.2, -0.15) is 0 Å². The Bertz CT molecular complexity index is 972. The second-order valence-corrected chi connectivity index (χ2v) is 13.0. The van der Waals surface area contributed by atoms with Crippen LogP contribution >= 0.6 is 0 Å². The molecule has 8 atom stereocenters. The molecule has 0 aliphatic heterocycles. The predicted molar refractivity (Wildman–Crippen MR) is 151 cm³/mol. The molecule has 0 radical (unpaired) electrons. The normalized spacial score (nSPS) is 38.4. The summed E-state index contributed by atoms with van der Waals surface area (Å²) in [5, 5.41) is 31.8. The number of hydrogen-bond acceptors (Lipinski definition) is 5. The highest BCUT2D eigenvalue weighted by molar-refractivity contribution is 5.81. The van der Waals surface area contributed by atoms with E-state index in [-0.39, 0.29) is 17.3 Å². The molecule has 0 saturated heterocycles. The summed E-state index contributed by atoms with van der Waals surface area (Å²) in [6.07, 6.45) is 15.9. The lowest BCUT2D eigenvalue weighted by Crippen LogP contribution is -2.36. The highest BCUT2D eigenvalue weighted by Crippen LogP contribution is 2.59. The molecule has 4 aliphatic carbocycles. The van der Waals surface area contributed by atoms with Gasteiger partial charge in [0, 0.05) is 5.92 Å². The van der Waals surface area contributed by atoms with Crippen LogP contribution in [0.3, 0.4) is 0 Å². The molecule has 3 N–H and O–H groups in total. The summed E-state index contributed by atoms with van der Waals surface area (Å²) in [6.45, 7) is 13.2. The third-order valence-corrected chi connectivity index (χ3v) is 10.6. The van der Waals surface area contributed by atoms with Crippen LogP contribution in [0.5, 0.6) is 0 Å². The Labute approximate surface area is 229 Å². The quantitative estimate of drug-likeness (QED) is 0.193. The molecule has 0 aromatic rings. The smallest absolute Gasteiger partial charge is 0.315 e. The van der Waals surface area contributed by atoms with Crippen molar-refractivity contribution in [2.75, 3.05) is 6.61 Å². The molecule has 0 spiro atoms. The lowest BCUT2D eigenvalue weighted by molar-refractivity contribution is -0.153. The third-order valence-electron chi connectivity index (χ3n) is 10.6. The zero-order valence-electron chi connectivity index (χ0n) is 24.0. The van der Waals surface area contributed by atoms with Gasteiger partial charge in [0.2, 0.25) is 0 Å². The van der Waals surface area contributed by atoms with Gasteiger partial charge in [-0.05, 0) is 92.1 Å². The fourth-order valence-corrected chi connectivity index (χ4v) is 7.59. The van der Waals surface area contributed by atoms with Crippen molar-refractivity contribution in [1.82, 2.24) is 0 Å². The Morgan fingerprint density at radius 3 is 2.61 bits per heavy atom. The standard InChI is InChI=1S/C33H50O5/c1-6-7-19-38-31(37)33(17-18-33)29(35)15-10-21(2)26-13-14-27-24(9-8-16-32(26,27)5)11-12-25-20-28(34)23(4)30(36)22(25)3/h10-12,15,21,23,26-30,34-36H,3,6-9,13-14,16-20H2,1-2,4-5H3/t21-,23+,26-,27+,28+,29+,30-,32-/m1/s1. The topological polar surface area (TPSA) is 87.0 Å². The Kier molecular flexibility index (Phi) is 9.11. The van der Waals surface area contributed by atoms with E-state index in [0.717, 1.165) is 49.7 Å². The number of aliphatic hydroxyl groups excluding tert-OH is 3. The lowest BCUT2D eigenvalue weighted by Gasteiger charge is -2.44. The molecule has 0 aromatic heterocycles. The van der Waals surface area contributed by atoms with E-state index in [1.807, 2.05) is 13.0 Å². The maximum Gasteiger partial charge on any atom is 0.315 e. The van der Waals surface area contributed by atoms with Crippen LogP contribution in [0.1, 0.15) is 91.9 Å². The van der Waals surface area contributed by atoms with Crippen molar-refractivity contribution in [2.45, 2.75) is 110 Å². The number of hydrogen-bond donors (Lipinski definition) is 3. The first kappa shape index (κ1) is 29.3. The van der Waals surface area contributed by atoms with Gasteiger partial charge in [0.05, 0.1) is 30.3 Å². The van der Waals surface area contributed by atoms with E-state index in [1.165, 1.54) is 12.0 Å². The molecule has 4 aliphatic rings. The van der Waals surface area contributed by atoms with Crippen molar-refractivity contribution < 1.29 is 24.9 Å². The molecule has 4 fully saturated rings. The number of fused-ring (bicyclic) bond motifs is 1. The molecule has 4 rings (SSSR count). The second kappa shape index (κ2) is 11.8. The van der Waals surface area contributed by atoms with E-state index in [2.05, 4.69) is 45.6 Å². The maximum atomic E-state index is 12.6. The number of carbonyl (C=O) groups excluding carboxylic acids is 1. The average Bonchev–Trinajstić information content (AvgIpc) is 3.63. The van der Waals surface area contributed by atoms with Gasteiger partial charge in [-0.15, -0.1) is 0 Å².